The lowest BCUT2D eigenvalue weighted by molar-refractivity contribution is -0.135. The lowest BCUT2D eigenvalue weighted by Crippen LogP contribution is -2.39. The van der Waals surface area contributed by atoms with Gasteiger partial charge in [-0.15, -0.1) is 0 Å². The second-order valence-electron chi connectivity index (χ2n) is 6.47. The van der Waals surface area contributed by atoms with Crippen LogP contribution in [0.1, 0.15) is 36.2 Å². The molecule has 2 amide bonds. The van der Waals surface area contributed by atoms with Crippen molar-refractivity contribution >= 4 is 17.5 Å². The van der Waals surface area contributed by atoms with Crippen molar-refractivity contribution in [3.63, 3.8) is 0 Å². The Morgan fingerprint density at radius 3 is 2.74 bits per heavy atom. The van der Waals surface area contributed by atoms with Gasteiger partial charge in [0.15, 0.2) is 6.61 Å². The number of hydrogen-bond acceptors (Lipinski definition) is 3. The smallest absolute Gasteiger partial charge is 0.261 e. The average Bonchev–Trinajstić information content (AvgIpc) is 2.80. The van der Waals surface area contributed by atoms with E-state index in [0.29, 0.717) is 24.0 Å². The third-order valence-electron chi connectivity index (χ3n) is 4.63. The van der Waals surface area contributed by atoms with Gasteiger partial charge in [-0.1, -0.05) is 6.92 Å². The molecule has 27 heavy (non-hydrogen) atoms. The molecule has 2 aromatic carbocycles. The Labute approximate surface area is 155 Å². The predicted molar refractivity (Wildman–Crippen MR) is 96.6 cm³/mol. The molecular formula is C20H20F2N2O3. The molecule has 0 fully saturated rings. The number of rotatable bonds is 4. The maximum atomic E-state index is 13.8. The van der Waals surface area contributed by atoms with Gasteiger partial charge in [0.2, 0.25) is 0 Å². The summed E-state index contributed by atoms with van der Waals surface area (Å²) < 4.78 is 32.4. The summed E-state index contributed by atoms with van der Waals surface area (Å²) in [5.41, 5.74) is 0.932. The number of carbonyl (C=O) groups excluding carboxylic acids is 2. The summed E-state index contributed by atoms with van der Waals surface area (Å²) >= 11 is 0. The molecule has 0 spiro atoms. The molecule has 2 aromatic rings. The first-order chi connectivity index (χ1) is 12.9. The minimum absolute atomic E-state index is 0.0379. The van der Waals surface area contributed by atoms with Crippen molar-refractivity contribution in [2.75, 3.05) is 11.9 Å². The molecule has 1 aliphatic rings. The number of halogens is 2. The number of benzene rings is 2. The zero-order valence-corrected chi connectivity index (χ0v) is 15.1. The summed E-state index contributed by atoms with van der Waals surface area (Å²) in [6.07, 6.45) is 0.807. The van der Waals surface area contributed by atoms with Crippen LogP contribution in [0, 0.1) is 11.6 Å². The van der Waals surface area contributed by atoms with E-state index in [1.54, 1.807) is 23.1 Å². The summed E-state index contributed by atoms with van der Waals surface area (Å²) in [5.74, 6) is -1.89. The number of hydrogen-bond donors (Lipinski definition) is 1. The maximum absolute atomic E-state index is 13.8. The van der Waals surface area contributed by atoms with Crippen LogP contribution in [0.4, 0.5) is 14.5 Å². The Morgan fingerprint density at radius 2 is 2.04 bits per heavy atom. The molecule has 0 bridgehead atoms. The van der Waals surface area contributed by atoms with Crippen molar-refractivity contribution in [1.82, 2.24) is 4.90 Å². The van der Waals surface area contributed by atoms with Crippen LogP contribution in [-0.2, 0) is 11.3 Å². The van der Waals surface area contributed by atoms with Crippen molar-refractivity contribution in [3.05, 3.63) is 59.2 Å². The van der Waals surface area contributed by atoms with E-state index in [1.807, 2.05) is 13.8 Å². The monoisotopic (exact) mass is 374 g/mol. The average molecular weight is 374 g/mol. The fourth-order valence-corrected chi connectivity index (χ4v) is 2.91. The van der Waals surface area contributed by atoms with Crippen molar-refractivity contribution < 1.29 is 23.1 Å². The summed E-state index contributed by atoms with van der Waals surface area (Å²) in [6, 6.07) is 7.81. The molecule has 0 saturated carbocycles. The van der Waals surface area contributed by atoms with Gasteiger partial charge < -0.3 is 15.0 Å². The van der Waals surface area contributed by atoms with Crippen molar-refractivity contribution in [2.45, 2.75) is 32.9 Å². The highest BCUT2D eigenvalue weighted by atomic mass is 19.1. The van der Waals surface area contributed by atoms with Gasteiger partial charge in [0, 0.05) is 29.9 Å². The Hall–Kier alpha value is -2.96. The molecule has 3 rings (SSSR count). The van der Waals surface area contributed by atoms with E-state index in [2.05, 4.69) is 5.32 Å². The third kappa shape index (κ3) is 4.07. The van der Waals surface area contributed by atoms with Gasteiger partial charge in [-0.25, -0.2) is 8.78 Å². The molecule has 0 saturated heterocycles. The van der Waals surface area contributed by atoms with Crippen LogP contribution >= 0.6 is 0 Å². The molecule has 1 N–H and O–H groups in total. The molecule has 7 heteroatoms. The molecule has 1 heterocycles. The number of ether oxygens (including phenoxy) is 1. The Bertz CT molecular complexity index is 886. The van der Waals surface area contributed by atoms with Crippen LogP contribution in [0.15, 0.2) is 36.4 Å². The van der Waals surface area contributed by atoms with Crippen molar-refractivity contribution in [1.29, 1.82) is 0 Å². The van der Waals surface area contributed by atoms with Gasteiger partial charge in [0.1, 0.15) is 17.4 Å². The summed E-state index contributed by atoms with van der Waals surface area (Å²) in [7, 11) is 0. The van der Waals surface area contributed by atoms with E-state index in [0.717, 1.165) is 24.1 Å². The molecule has 5 nitrogen and oxygen atoms in total. The number of fused-ring (bicyclic) bond motifs is 1. The Kier molecular flexibility index (Phi) is 5.39. The molecular weight excluding hydrogens is 354 g/mol. The van der Waals surface area contributed by atoms with E-state index < -0.39 is 17.5 Å². The number of anilines is 1. The fourth-order valence-electron chi connectivity index (χ4n) is 2.91. The fraction of sp³-hybridized carbons (Fsp3) is 0.300. The summed E-state index contributed by atoms with van der Waals surface area (Å²) in [6.45, 7) is 4.28. The van der Waals surface area contributed by atoms with Crippen molar-refractivity contribution in [3.8, 4) is 5.75 Å². The predicted octanol–water partition coefficient (Wildman–Crippen LogP) is 3.74. The summed E-state index contributed by atoms with van der Waals surface area (Å²) in [4.78, 5) is 26.3. The second kappa shape index (κ2) is 7.73. The van der Waals surface area contributed by atoms with Crippen LogP contribution in [-0.4, -0.2) is 29.4 Å². The highest BCUT2D eigenvalue weighted by Crippen LogP contribution is 2.28. The number of nitrogens with zero attached hydrogens (tertiary/aromatic N) is 1. The zero-order chi connectivity index (χ0) is 19.6. The normalized spacial score (nSPS) is 14.8. The SMILES string of the molecule is CCC(C)N1Cc2cc(NC(=O)c3ccc(F)cc3F)ccc2OCC1=O. The van der Waals surface area contributed by atoms with Gasteiger partial charge in [0.05, 0.1) is 5.56 Å². The molecule has 1 atom stereocenters. The van der Waals surface area contributed by atoms with Gasteiger partial charge in [-0.3, -0.25) is 9.59 Å². The third-order valence-corrected chi connectivity index (χ3v) is 4.63. The van der Waals surface area contributed by atoms with Gasteiger partial charge in [-0.05, 0) is 43.7 Å². The van der Waals surface area contributed by atoms with E-state index in [4.69, 9.17) is 4.74 Å². The number of carbonyl (C=O) groups is 2. The van der Waals surface area contributed by atoms with E-state index in [9.17, 15) is 18.4 Å². The molecule has 0 aromatic heterocycles. The molecule has 1 aliphatic heterocycles. The number of nitrogens with one attached hydrogen (secondary N) is 1. The van der Waals surface area contributed by atoms with E-state index in [-0.39, 0.29) is 24.1 Å². The zero-order valence-electron chi connectivity index (χ0n) is 15.1. The minimum Gasteiger partial charge on any atom is -0.483 e. The number of amides is 2. The lowest BCUT2D eigenvalue weighted by Gasteiger charge is -2.26. The first-order valence-electron chi connectivity index (χ1n) is 8.70. The van der Waals surface area contributed by atoms with E-state index in [1.165, 1.54) is 0 Å². The van der Waals surface area contributed by atoms with E-state index >= 15 is 0 Å². The second-order valence-corrected chi connectivity index (χ2v) is 6.47. The minimum atomic E-state index is -0.931. The highest BCUT2D eigenvalue weighted by molar-refractivity contribution is 6.04. The first-order valence-corrected chi connectivity index (χ1v) is 8.70. The Balaban J connectivity index is 1.83. The van der Waals surface area contributed by atoms with Crippen LogP contribution in [0.3, 0.4) is 0 Å². The van der Waals surface area contributed by atoms with Gasteiger partial charge in [-0.2, -0.15) is 0 Å². The molecule has 1 unspecified atom stereocenters. The van der Waals surface area contributed by atoms with Gasteiger partial charge >= 0.3 is 0 Å². The highest BCUT2D eigenvalue weighted by Gasteiger charge is 2.25. The van der Waals surface area contributed by atoms with Crippen LogP contribution in [0.25, 0.3) is 0 Å². The maximum Gasteiger partial charge on any atom is 0.261 e. The largest absolute Gasteiger partial charge is 0.483 e. The van der Waals surface area contributed by atoms with Crippen LogP contribution in [0.2, 0.25) is 0 Å². The van der Waals surface area contributed by atoms with Gasteiger partial charge in [0.25, 0.3) is 11.8 Å². The first kappa shape index (κ1) is 18.8. The molecule has 142 valence electrons. The van der Waals surface area contributed by atoms with Crippen molar-refractivity contribution in [2.24, 2.45) is 0 Å². The topological polar surface area (TPSA) is 58.6 Å². The lowest BCUT2D eigenvalue weighted by atomic mass is 10.1. The Morgan fingerprint density at radius 1 is 1.26 bits per heavy atom. The standard InChI is InChI=1S/C20H20F2N2O3/c1-3-12(2)24-10-13-8-15(5-7-18(13)27-11-19(24)25)23-20(26)16-6-4-14(21)9-17(16)22/h4-9,12H,3,10-11H2,1-2H3,(H,23,26). The summed E-state index contributed by atoms with van der Waals surface area (Å²) in [5, 5.41) is 2.60. The van der Waals surface area contributed by atoms with Crippen LogP contribution < -0.4 is 10.1 Å². The van der Waals surface area contributed by atoms with Crippen LogP contribution in [0.5, 0.6) is 5.75 Å². The molecule has 0 radical (unpaired) electrons. The molecule has 0 aliphatic carbocycles. The quantitative estimate of drug-likeness (QED) is 0.887.